The molecule has 0 radical (unpaired) electrons. The summed E-state index contributed by atoms with van der Waals surface area (Å²) < 4.78 is 5.00. The quantitative estimate of drug-likeness (QED) is 0.807. The maximum absolute atomic E-state index is 11.5. The van der Waals surface area contributed by atoms with Crippen molar-refractivity contribution in [2.24, 2.45) is 5.73 Å². The van der Waals surface area contributed by atoms with E-state index < -0.39 is 12.0 Å². The lowest BCUT2D eigenvalue weighted by Gasteiger charge is -2.14. The largest absolute Gasteiger partial charge is 0.462 e. The van der Waals surface area contributed by atoms with E-state index >= 15 is 0 Å². The highest BCUT2D eigenvalue weighted by Crippen LogP contribution is 2.21. The number of hydrogen-bond donors (Lipinski definition) is 1. The van der Waals surface area contributed by atoms with E-state index in [-0.39, 0.29) is 6.10 Å². The van der Waals surface area contributed by atoms with E-state index in [0.29, 0.717) is 10.6 Å². The van der Waals surface area contributed by atoms with Gasteiger partial charge in [0.25, 0.3) is 0 Å². The van der Waals surface area contributed by atoms with Crippen molar-refractivity contribution >= 4 is 17.6 Å². The first-order chi connectivity index (χ1) is 7.02. The van der Waals surface area contributed by atoms with Gasteiger partial charge in [0.05, 0.1) is 6.10 Å². The van der Waals surface area contributed by atoms with Gasteiger partial charge in [0.1, 0.15) is 6.04 Å². The van der Waals surface area contributed by atoms with Gasteiger partial charge in [-0.15, -0.1) is 0 Å². The van der Waals surface area contributed by atoms with Crippen LogP contribution in [0.5, 0.6) is 0 Å². The van der Waals surface area contributed by atoms with Gasteiger partial charge in [0, 0.05) is 5.02 Å². The highest BCUT2D eigenvalue weighted by atomic mass is 35.5. The molecular weight excluding hydrogens is 214 g/mol. The maximum Gasteiger partial charge on any atom is 0.327 e. The van der Waals surface area contributed by atoms with Crippen molar-refractivity contribution in [2.75, 3.05) is 0 Å². The van der Waals surface area contributed by atoms with Crippen LogP contribution in [0.25, 0.3) is 0 Å². The number of rotatable bonds is 3. The van der Waals surface area contributed by atoms with Crippen molar-refractivity contribution in [1.29, 1.82) is 0 Å². The van der Waals surface area contributed by atoms with Gasteiger partial charge in [0.15, 0.2) is 0 Å². The number of esters is 1. The number of benzene rings is 1. The van der Waals surface area contributed by atoms with Crippen LogP contribution in [0.4, 0.5) is 0 Å². The van der Waals surface area contributed by atoms with Crippen molar-refractivity contribution in [1.82, 2.24) is 0 Å². The Morgan fingerprint density at radius 2 is 2.00 bits per heavy atom. The fraction of sp³-hybridized carbons (Fsp3) is 0.364. The van der Waals surface area contributed by atoms with Gasteiger partial charge in [-0.1, -0.05) is 29.8 Å². The summed E-state index contributed by atoms with van der Waals surface area (Å²) in [7, 11) is 0. The summed E-state index contributed by atoms with van der Waals surface area (Å²) >= 11 is 5.91. The average Bonchev–Trinajstić information content (AvgIpc) is 2.16. The third-order valence-corrected chi connectivity index (χ3v) is 2.19. The summed E-state index contributed by atoms with van der Waals surface area (Å²) in [6.45, 7) is 3.55. The van der Waals surface area contributed by atoms with Crippen LogP contribution in [0, 0.1) is 0 Å². The molecule has 1 atom stereocenters. The molecule has 2 N–H and O–H groups in total. The Bertz CT molecular complexity index is 352. The molecule has 1 aromatic rings. The predicted molar refractivity (Wildman–Crippen MR) is 59.6 cm³/mol. The summed E-state index contributed by atoms with van der Waals surface area (Å²) in [6.07, 6.45) is -0.175. The lowest BCUT2D eigenvalue weighted by Crippen LogP contribution is -2.26. The van der Waals surface area contributed by atoms with Gasteiger partial charge in [0.2, 0.25) is 0 Å². The van der Waals surface area contributed by atoms with Crippen molar-refractivity contribution in [3.05, 3.63) is 34.9 Å². The van der Waals surface area contributed by atoms with Crippen LogP contribution < -0.4 is 5.73 Å². The normalized spacial score (nSPS) is 12.6. The Balaban J connectivity index is 2.81. The molecule has 0 unspecified atom stereocenters. The molecule has 0 saturated carbocycles. The Kier molecular flexibility index (Phi) is 4.12. The molecule has 0 amide bonds. The van der Waals surface area contributed by atoms with Gasteiger partial charge < -0.3 is 10.5 Å². The third kappa shape index (κ3) is 3.22. The number of nitrogens with two attached hydrogens (primary N) is 1. The second-order valence-electron chi connectivity index (χ2n) is 3.48. The van der Waals surface area contributed by atoms with Crippen molar-refractivity contribution in [2.45, 2.75) is 26.0 Å². The average molecular weight is 228 g/mol. The van der Waals surface area contributed by atoms with Gasteiger partial charge in [-0.2, -0.15) is 0 Å². The molecule has 0 spiro atoms. The number of carbonyl (C=O) groups is 1. The Morgan fingerprint density at radius 1 is 1.40 bits per heavy atom. The second-order valence-corrected chi connectivity index (χ2v) is 3.89. The minimum Gasteiger partial charge on any atom is -0.462 e. The van der Waals surface area contributed by atoms with E-state index in [4.69, 9.17) is 22.1 Å². The minimum atomic E-state index is -0.818. The van der Waals surface area contributed by atoms with Gasteiger partial charge in [-0.3, -0.25) is 0 Å². The van der Waals surface area contributed by atoms with Gasteiger partial charge in [-0.25, -0.2) is 4.79 Å². The molecule has 0 bridgehead atoms. The van der Waals surface area contributed by atoms with Crippen LogP contribution >= 0.6 is 11.6 Å². The Morgan fingerprint density at radius 3 is 2.53 bits per heavy atom. The molecule has 0 saturated heterocycles. The molecule has 0 aliphatic rings. The van der Waals surface area contributed by atoms with E-state index in [1.807, 2.05) is 0 Å². The topological polar surface area (TPSA) is 52.3 Å². The monoisotopic (exact) mass is 227 g/mol. The number of halogens is 1. The van der Waals surface area contributed by atoms with Crippen LogP contribution in [0.15, 0.2) is 24.3 Å². The van der Waals surface area contributed by atoms with Crippen LogP contribution in [0.3, 0.4) is 0 Å². The van der Waals surface area contributed by atoms with Gasteiger partial charge >= 0.3 is 5.97 Å². The molecule has 15 heavy (non-hydrogen) atoms. The van der Waals surface area contributed by atoms with E-state index in [0.717, 1.165) is 0 Å². The fourth-order valence-corrected chi connectivity index (χ4v) is 1.41. The second kappa shape index (κ2) is 5.14. The molecule has 0 aromatic heterocycles. The molecule has 0 fully saturated rings. The van der Waals surface area contributed by atoms with E-state index in [2.05, 4.69) is 0 Å². The van der Waals surface area contributed by atoms with Gasteiger partial charge in [-0.05, 0) is 25.5 Å². The van der Waals surface area contributed by atoms with Crippen LogP contribution in [-0.2, 0) is 9.53 Å². The molecule has 1 rings (SSSR count). The highest BCUT2D eigenvalue weighted by Gasteiger charge is 2.20. The molecule has 4 heteroatoms. The van der Waals surface area contributed by atoms with Crippen molar-refractivity contribution in [3.63, 3.8) is 0 Å². The zero-order valence-electron chi connectivity index (χ0n) is 8.74. The Labute approximate surface area is 94.2 Å². The molecule has 82 valence electrons. The van der Waals surface area contributed by atoms with Crippen molar-refractivity contribution in [3.8, 4) is 0 Å². The first kappa shape index (κ1) is 12.0. The maximum atomic E-state index is 11.5. The zero-order chi connectivity index (χ0) is 11.4. The summed E-state index contributed by atoms with van der Waals surface area (Å²) in [5.41, 5.74) is 6.32. The van der Waals surface area contributed by atoms with E-state index in [9.17, 15) is 4.79 Å². The molecular formula is C11H14ClNO2. The first-order valence-electron chi connectivity index (χ1n) is 4.73. The summed E-state index contributed by atoms with van der Waals surface area (Å²) in [6, 6.07) is 6.16. The number of hydrogen-bond acceptors (Lipinski definition) is 3. The first-order valence-corrected chi connectivity index (χ1v) is 5.10. The minimum absolute atomic E-state index is 0.175. The third-order valence-electron chi connectivity index (χ3n) is 1.85. The smallest absolute Gasteiger partial charge is 0.327 e. The lowest BCUT2D eigenvalue weighted by atomic mass is 10.1. The molecule has 0 aliphatic carbocycles. The van der Waals surface area contributed by atoms with E-state index in [1.165, 1.54) is 0 Å². The summed E-state index contributed by atoms with van der Waals surface area (Å²) in [4.78, 5) is 11.5. The SMILES string of the molecule is CC(C)OC(=O)[C@H](N)c1ccccc1Cl. The predicted octanol–water partition coefficient (Wildman–Crippen LogP) is 2.29. The standard InChI is InChI=1S/C11H14ClNO2/c1-7(2)15-11(14)10(13)8-5-3-4-6-9(8)12/h3-7,10H,13H2,1-2H3/t10-/m1/s1. The lowest BCUT2D eigenvalue weighted by molar-refractivity contribution is -0.149. The number of ether oxygens (including phenoxy) is 1. The molecule has 0 heterocycles. The summed E-state index contributed by atoms with van der Waals surface area (Å²) in [5.74, 6) is -0.460. The Hall–Kier alpha value is -1.06. The van der Waals surface area contributed by atoms with E-state index in [1.54, 1.807) is 38.1 Å². The summed E-state index contributed by atoms with van der Waals surface area (Å²) in [5, 5.41) is 0.478. The molecule has 1 aromatic carbocycles. The molecule has 3 nitrogen and oxygen atoms in total. The highest BCUT2D eigenvalue weighted by molar-refractivity contribution is 6.31. The van der Waals surface area contributed by atoms with Crippen LogP contribution in [0.2, 0.25) is 5.02 Å². The van der Waals surface area contributed by atoms with Crippen LogP contribution in [-0.4, -0.2) is 12.1 Å². The van der Waals surface area contributed by atoms with Crippen molar-refractivity contribution < 1.29 is 9.53 Å². The zero-order valence-corrected chi connectivity index (χ0v) is 9.49. The van der Waals surface area contributed by atoms with Crippen LogP contribution in [0.1, 0.15) is 25.5 Å². The fourth-order valence-electron chi connectivity index (χ4n) is 1.16. The molecule has 0 aliphatic heterocycles. The number of carbonyl (C=O) groups excluding carboxylic acids is 1.